The summed E-state index contributed by atoms with van der Waals surface area (Å²) in [5.41, 5.74) is 1.78. The molecule has 2 atom stereocenters. The number of rotatable bonds is 2. The first-order valence-electron chi connectivity index (χ1n) is 7.13. The normalized spacial score (nSPS) is 25.0. The van der Waals surface area contributed by atoms with Gasteiger partial charge in [-0.2, -0.15) is 0 Å². The summed E-state index contributed by atoms with van der Waals surface area (Å²) in [5, 5.41) is 0. The maximum Gasteiger partial charge on any atom is 0.313 e. The molecule has 2 unspecified atom stereocenters. The molecule has 1 aromatic rings. The molecule has 0 bridgehead atoms. The summed E-state index contributed by atoms with van der Waals surface area (Å²) < 4.78 is 4.91. The van der Waals surface area contributed by atoms with E-state index in [9.17, 15) is 9.59 Å². The number of para-hydroxylation sites is 1. The first kappa shape index (κ1) is 13.2. The van der Waals surface area contributed by atoms with Crippen LogP contribution in [0.1, 0.15) is 37.7 Å². The van der Waals surface area contributed by atoms with Crippen molar-refractivity contribution < 1.29 is 14.3 Å². The number of fused-ring (bicyclic) bond motifs is 1. The SMILES string of the molecule is COC(=O)C1CC(C)N(C(=O)C2CC2)c2ccccc21. The summed E-state index contributed by atoms with van der Waals surface area (Å²) in [6.45, 7) is 2.01. The van der Waals surface area contributed by atoms with Gasteiger partial charge < -0.3 is 9.64 Å². The van der Waals surface area contributed by atoms with E-state index in [-0.39, 0.29) is 29.8 Å². The van der Waals surface area contributed by atoms with Gasteiger partial charge in [0.15, 0.2) is 0 Å². The number of esters is 1. The van der Waals surface area contributed by atoms with Gasteiger partial charge in [-0.05, 0) is 37.8 Å². The monoisotopic (exact) mass is 273 g/mol. The van der Waals surface area contributed by atoms with Crippen molar-refractivity contribution in [1.82, 2.24) is 0 Å². The van der Waals surface area contributed by atoms with Crippen LogP contribution in [-0.4, -0.2) is 25.0 Å². The lowest BCUT2D eigenvalue weighted by Crippen LogP contribution is -2.45. The molecule has 1 aliphatic carbocycles. The quantitative estimate of drug-likeness (QED) is 0.778. The zero-order valence-electron chi connectivity index (χ0n) is 11.8. The van der Waals surface area contributed by atoms with Gasteiger partial charge in [-0.15, -0.1) is 0 Å². The van der Waals surface area contributed by atoms with E-state index in [0.29, 0.717) is 6.42 Å². The Morgan fingerprint density at radius 1 is 1.25 bits per heavy atom. The molecular formula is C16H19NO3. The minimum atomic E-state index is -0.269. The summed E-state index contributed by atoms with van der Waals surface area (Å²) in [7, 11) is 1.41. The Morgan fingerprint density at radius 2 is 1.95 bits per heavy atom. The molecule has 1 amide bonds. The second-order valence-corrected chi connectivity index (χ2v) is 5.70. The molecule has 0 saturated heterocycles. The van der Waals surface area contributed by atoms with Crippen molar-refractivity contribution in [2.75, 3.05) is 12.0 Å². The highest BCUT2D eigenvalue weighted by Gasteiger charge is 2.41. The van der Waals surface area contributed by atoms with Gasteiger partial charge in [0.2, 0.25) is 5.91 Å². The van der Waals surface area contributed by atoms with Crippen LogP contribution in [-0.2, 0) is 14.3 Å². The molecule has 1 fully saturated rings. The van der Waals surface area contributed by atoms with Gasteiger partial charge in [-0.3, -0.25) is 9.59 Å². The lowest BCUT2D eigenvalue weighted by atomic mass is 9.86. The van der Waals surface area contributed by atoms with Gasteiger partial charge >= 0.3 is 5.97 Å². The predicted octanol–water partition coefficient (Wildman–Crippen LogP) is 2.48. The zero-order chi connectivity index (χ0) is 14.3. The lowest BCUT2D eigenvalue weighted by Gasteiger charge is -2.38. The summed E-state index contributed by atoms with van der Waals surface area (Å²) in [6, 6.07) is 7.71. The van der Waals surface area contributed by atoms with Crippen molar-refractivity contribution >= 4 is 17.6 Å². The van der Waals surface area contributed by atoms with Crippen LogP contribution < -0.4 is 4.90 Å². The first-order chi connectivity index (χ1) is 9.63. The lowest BCUT2D eigenvalue weighted by molar-refractivity contribution is -0.143. The molecule has 0 aromatic heterocycles. The fourth-order valence-electron chi connectivity index (χ4n) is 3.04. The number of benzene rings is 1. The third-order valence-electron chi connectivity index (χ3n) is 4.24. The van der Waals surface area contributed by atoms with Crippen molar-refractivity contribution in [1.29, 1.82) is 0 Å². The molecule has 20 heavy (non-hydrogen) atoms. The fourth-order valence-corrected chi connectivity index (χ4v) is 3.04. The molecule has 3 rings (SSSR count). The molecule has 0 spiro atoms. The Bertz CT molecular complexity index is 550. The highest BCUT2D eigenvalue weighted by molar-refractivity contribution is 5.99. The Labute approximate surface area is 118 Å². The molecular weight excluding hydrogens is 254 g/mol. The number of amides is 1. The highest BCUT2D eigenvalue weighted by atomic mass is 16.5. The molecule has 0 N–H and O–H groups in total. The molecule has 4 heteroatoms. The van der Waals surface area contributed by atoms with Gasteiger partial charge in [0.1, 0.15) is 0 Å². The standard InChI is InChI=1S/C16H19NO3/c1-10-9-13(16(19)20-2)12-5-3-4-6-14(12)17(10)15(18)11-7-8-11/h3-6,10-11,13H,7-9H2,1-2H3. The van der Waals surface area contributed by atoms with Crippen LogP contribution in [0.15, 0.2) is 24.3 Å². The Morgan fingerprint density at radius 3 is 2.60 bits per heavy atom. The summed E-state index contributed by atoms with van der Waals surface area (Å²) >= 11 is 0. The Kier molecular flexibility index (Phi) is 3.24. The van der Waals surface area contributed by atoms with Crippen molar-refractivity contribution in [3.8, 4) is 0 Å². The zero-order valence-corrected chi connectivity index (χ0v) is 11.8. The number of hydrogen-bond donors (Lipinski definition) is 0. The van der Waals surface area contributed by atoms with Gasteiger partial charge in [-0.25, -0.2) is 0 Å². The van der Waals surface area contributed by atoms with Crippen LogP contribution in [0.25, 0.3) is 0 Å². The van der Waals surface area contributed by atoms with Crippen molar-refractivity contribution in [3.05, 3.63) is 29.8 Å². The summed E-state index contributed by atoms with van der Waals surface area (Å²) in [5.74, 6) is -0.106. The second kappa shape index (κ2) is 4.93. The van der Waals surface area contributed by atoms with Gasteiger partial charge in [-0.1, -0.05) is 18.2 Å². The molecule has 1 aliphatic heterocycles. The number of nitrogens with zero attached hydrogens (tertiary/aromatic N) is 1. The number of ether oxygens (including phenoxy) is 1. The first-order valence-corrected chi connectivity index (χ1v) is 7.13. The van der Waals surface area contributed by atoms with Crippen LogP contribution in [0.2, 0.25) is 0 Å². The summed E-state index contributed by atoms with van der Waals surface area (Å²) in [6.07, 6.45) is 2.61. The molecule has 1 saturated carbocycles. The third-order valence-corrected chi connectivity index (χ3v) is 4.24. The minimum absolute atomic E-state index is 0.0297. The fraction of sp³-hybridized carbons (Fsp3) is 0.500. The number of hydrogen-bond acceptors (Lipinski definition) is 3. The summed E-state index contributed by atoms with van der Waals surface area (Å²) in [4.78, 5) is 26.3. The van der Waals surface area contributed by atoms with E-state index in [0.717, 1.165) is 24.1 Å². The maximum atomic E-state index is 12.5. The van der Waals surface area contributed by atoms with E-state index in [1.807, 2.05) is 36.1 Å². The average molecular weight is 273 g/mol. The minimum Gasteiger partial charge on any atom is -0.469 e. The molecule has 1 heterocycles. The van der Waals surface area contributed by atoms with Crippen molar-refractivity contribution in [3.63, 3.8) is 0 Å². The molecule has 106 valence electrons. The Balaban J connectivity index is 2.01. The number of carbonyl (C=O) groups is 2. The topological polar surface area (TPSA) is 46.6 Å². The van der Waals surface area contributed by atoms with Gasteiger partial charge in [0.25, 0.3) is 0 Å². The number of carbonyl (C=O) groups excluding carboxylic acids is 2. The van der Waals surface area contributed by atoms with E-state index >= 15 is 0 Å². The van der Waals surface area contributed by atoms with E-state index in [2.05, 4.69) is 0 Å². The van der Waals surface area contributed by atoms with Crippen LogP contribution in [0.3, 0.4) is 0 Å². The van der Waals surface area contributed by atoms with Gasteiger partial charge in [0, 0.05) is 17.6 Å². The maximum absolute atomic E-state index is 12.5. The molecule has 1 aromatic carbocycles. The highest BCUT2D eigenvalue weighted by Crippen LogP contribution is 2.42. The van der Waals surface area contributed by atoms with E-state index in [4.69, 9.17) is 4.74 Å². The number of methoxy groups -OCH3 is 1. The molecule has 4 nitrogen and oxygen atoms in total. The second-order valence-electron chi connectivity index (χ2n) is 5.70. The van der Waals surface area contributed by atoms with E-state index in [1.165, 1.54) is 7.11 Å². The van der Waals surface area contributed by atoms with Crippen LogP contribution >= 0.6 is 0 Å². The van der Waals surface area contributed by atoms with Gasteiger partial charge in [0.05, 0.1) is 13.0 Å². The third kappa shape index (κ3) is 2.09. The Hall–Kier alpha value is -1.84. The average Bonchev–Trinajstić information content (AvgIpc) is 3.29. The van der Waals surface area contributed by atoms with Crippen molar-refractivity contribution in [2.45, 2.75) is 38.1 Å². The predicted molar refractivity (Wildman–Crippen MR) is 75.5 cm³/mol. The number of anilines is 1. The largest absolute Gasteiger partial charge is 0.469 e. The smallest absolute Gasteiger partial charge is 0.313 e. The molecule has 0 radical (unpaired) electrons. The van der Waals surface area contributed by atoms with Crippen LogP contribution in [0.5, 0.6) is 0 Å². The molecule has 2 aliphatic rings. The van der Waals surface area contributed by atoms with Crippen LogP contribution in [0, 0.1) is 5.92 Å². The van der Waals surface area contributed by atoms with E-state index < -0.39 is 0 Å². The van der Waals surface area contributed by atoms with Crippen LogP contribution in [0.4, 0.5) is 5.69 Å². The van der Waals surface area contributed by atoms with Crippen molar-refractivity contribution in [2.24, 2.45) is 5.92 Å². The van der Waals surface area contributed by atoms with E-state index in [1.54, 1.807) is 0 Å².